The predicted molar refractivity (Wildman–Crippen MR) is 85.1 cm³/mol. The van der Waals surface area contributed by atoms with E-state index in [0.29, 0.717) is 5.92 Å². The number of hydrogen-bond donors (Lipinski definition) is 0. The van der Waals surface area contributed by atoms with Gasteiger partial charge in [-0.2, -0.15) is 23.3 Å². The van der Waals surface area contributed by atoms with E-state index in [1.54, 1.807) is 0 Å². The standard InChI is InChI=1S/C19H20N.2ClH.Cr/c1-13-11-15(19(2,3)4)12-17(13)16-9-5-7-14-8-6-10-20-18(14)16;;;/h5-11,13H,1-4H3;2*1H;/q-1;;;+3/p-2. The third-order valence-electron chi connectivity index (χ3n) is 3.87. The van der Waals surface area contributed by atoms with E-state index in [9.17, 15) is 0 Å². The molecule has 2 aromatic rings. The van der Waals surface area contributed by atoms with E-state index in [1.807, 2.05) is 12.3 Å². The summed E-state index contributed by atoms with van der Waals surface area (Å²) in [5.41, 5.74) is 5.00. The molecule has 0 saturated carbocycles. The van der Waals surface area contributed by atoms with Crippen molar-refractivity contribution < 1.29 is 42.2 Å². The SMILES string of the molecule is CC1C=C(C(C)(C)C)[C-]=C1c1cccc2cccnc12.[Cl-].[Cl-].[Cr+3]. The molecule has 0 aliphatic heterocycles. The molecule has 0 fully saturated rings. The average molecular weight is 385 g/mol. The molecule has 1 aromatic heterocycles. The summed E-state index contributed by atoms with van der Waals surface area (Å²) in [6.45, 7) is 8.96. The molecule has 1 aromatic carbocycles. The molecule has 1 unspecified atom stereocenters. The normalized spacial score (nSPS) is 16.6. The van der Waals surface area contributed by atoms with Crippen LogP contribution < -0.4 is 24.8 Å². The van der Waals surface area contributed by atoms with Crippen molar-refractivity contribution in [2.75, 3.05) is 0 Å². The van der Waals surface area contributed by atoms with Crippen molar-refractivity contribution in [1.29, 1.82) is 0 Å². The fourth-order valence-electron chi connectivity index (χ4n) is 2.71. The molecule has 0 spiro atoms. The minimum absolute atomic E-state index is 0. The second-order valence-electron chi connectivity index (χ2n) is 6.54. The van der Waals surface area contributed by atoms with Gasteiger partial charge in [0, 0.05) is 11.7 Å². The molecule has 0 N–H and O–H groups in total. The van der Waals surface area contributed by atoms with Crippen LogP contribution in [0.3, 0.4) is 0 Å². The third kappa shape index (κ3) is 4.40. The van der Waals surface area contributed by atoms with Crippen LogP contribution in [0.1, 0.15) is 33.3 Å². The van der Waals surface area contributed by atoms with Crippen molar-refractivity contribution in [2.45, 2.75) is 27.7 Å². The molecule has 121 valence electrons. The zero-order valence-electron chi connectivity index (χ0n) is 13.7. The molecule has 1 nitrogen and oxygen atoms in total. The average Bonchev–Trinajstić information content (AvgIpc) is 2.80. The summed E-state index contributed by atoms with van der Waals surface area (Å²) in [5.74, 6) is 0.400. The van der Waals surface area contributed by atoms with Gasteiger partial charge in [0.1, 0.15) is 0 Å². The summed E-state index contributed by atoms with van der Waals surface area (Å²) in [5, 5.41) is 1.19. The van der Waals surface area contributed by atoms with Gasteiger partial charge in [-0.25, -0.2) is 0 Å². The van der Waals surface area contributed by atoms with Gasteiger partial charge in [0.05, 0.1) is 0 Å². The van der Waals surface area contributed by atoms with Gasteiger partial charge >= 0.3 is 17.4 Å². The van der Waals surface area contributed by atoms with Crippen LogP contribution in [0.4, 0.5) is 0 Å². The number of nitrogens with zero attached hydrogens (tertiary/aromatic N) is 1. The molecule has 23 heavy (non-hydrogen) atoms. The molecule has 0 bridgehead atoms. The Morgan fingerprint density at radius 3 is 2.30 bits per heavy atom. The number of fused-ring (bicyclic) bond motifs is 1. The van der Waals surface area contributed by atoms with Gasteiger partial charge in [-0.1, -0.05) is 57.4 Å². The number of benzene rings is 1. The van der Waals surface area contributed by atoms with Gasteiger partial charge in [0.2, 0.25) is 0 Å². The maximum atomic E-state index is 4.56. The summed E-state index contributed by atoms with van der Waals surface area (Å²) in [6.07, 6.45) is 7.82. The van der Waals surface area contributed by atoms with E-state index < -0.39 is 0 Å². The minimum Gasteiger partial charge on any atom is -1.00 e. The van der Waals surface area contributed by atoms with Crippen molar-refractivity contribution in [3.05, 3.63) is 59.8 Å². The Bertz CT molecular complexity index is 724. The second kappa shape index (κ2) is 8.36. The van der Waals surface area contributed by atoms with Crippen molar-refractivity contribution >= 4 is 16.5 Å². The minimum atomic E-state index is 0. The van der Waals surface area contributed by atoms with E-state index in [0.717, 1.165) is 5.52 Å². The molecule has 0 saturated heterocycles. The van der Waals surface area contributed by atoms with Crippen molar-refractivity contribution in [1.82, 2.24) is 4.98 Å². The molecule has 1 heterocycles. The molecular weight excluding hydrogens is 365 g/mol. The van der Waals surface area contributed by atoms with Crippen molar-refractivity contribution in [3.8, 4) is 0 Å². The number of allylic oxidation sites excluding steroid dienone is 4. The van der Waals surface area contributed by atoms with E-state index in [-0.39, 0.29) is 47.6 Å². The Balaban J connectivity index is 0.00000161. The first-order valence-corrected chi connectivity index (χ1v) is 7.17. The van der Waals surface area contributed by atoms with Crippen LogP contribution in [-0.4, -0.2) is 4.98 Å². The van der Waals surface area contributed by atoms with Gasteiger partial charge < -0.3 is 24.8 Å². The first kappa shape index (κ1) is 22.2. The molecule has 4 heteroatoms. The van der Waals surface area contributed by atoms with Gasteiger partial charge in [-0.15, -0.1) is 6.07 Å². The van der Waals surface area contributed by atoms with Gasteiger partial charge in [-0.05, 0) is 16.9 Å². The first-order chi connectivity index (χ1) is 9.47. The molecule has 1 aliphatic rings. The van der Waals surface area contributed by atoms with Crippen LogP contribution in [-0.2, 0) is 17.4 Å². The quantitative estimate of drug-likeness (QED) is 0.577. The Hall–Kier alpha value is -0.778. The number of pyridine rings is 1. The number of aromatic nitrogens is 1. The first-order valence-electron chi connectivity index (χ1n) is 7.17. The Kier molecular flexibility index (Phi) is 8.08. The predicted octanol–water partition coefficient (Wildman–Crippen LogP) is -0.951. The molecule has 1 aliphatic carbocycles. The fraction of sp³-hybridized carbons (Fsp3) is 0.316. The topological polar surface area (TPSA) is 12.9 Å². The van der Waals surface area contributed by atoms with Crippen LogP contribution in [0.5, 0.6) is 0 Å². The van der Waals surface area contributed by atoms with Crippen LogP contribution in [0.15, 0.2) is 48.2 Å². The zero-order valence-corrected chi connectivity index (χ0v) is 16.5. The van der Waals surface area contributed by atoms with E-state index in [4.69, 9.17) is 0 Å². The van der Waals surface area contributed by atoms with Gasteiger partial charge in [-0.3, -0.25) is 4.98 Å². The molecule has 1 radical (unpaired) electrons. The monoisotopic (exact) mass is 384 g/mol. The molecule has 1 atom stereocenters. The van der Waals surface area contributed by atoms with Gasteiger partial charge in [0.25, 0.3) is 0 Å². The Labute approximate surface area is 162 Å². The van der Waals surface area contributed by atoms with Gasteiger partial charge in [0.15, 0.2) is 0 Å². The van der Waals surface area contributed by atoms with E-state index in [1.165, 1.54) is 22.1 Å². The Morgan fingerprint density at radius 2 is 1.70 bits per heavy atom. The molecular formula is C19H20Cl2CrN. The molecule has 3 rings (SSSR count). The maximum Gasteiger partial charge on any atom is 3.00 e. The smallest absolute Gasteiger partial charge is 1.00 e. The van der Waals surface area contributed by atoms with E-state index >= 15 is 0 Å². The summed E-state index contributed by atoms with van der Waals surface area (Å²) in [6, 6.07) is 10.5. The summed E-state index contributed by atoms with van der Waals surface area (Å²) in [7, 11) is 0. The largest absolute Gasteiger partial charge is 3.00 e. The van der Waals surface area contributed by atoms with Crippen LogP contribution in [0, 0.1) is 17.4 Å². The van der Waals surface area contributed by atoms with E-state index in [2.05, 4.69) is 69.1 Å². The third-order valence-corrected chi connectivity index (χ3v) is 3.87. The molecule has 0 amide bonds. The van der Waals surface area contributed by atoms with Crippen LogP contribution in [0.25, 0.3) is 16.5 Å². The Morgan fingerprint density at radius 1 is 1.04 bits per heavy atom. The van der Waals surface area contributed by atoms with Crippen molar-refractivity contribution in [3.63, 3.8) is 0 Å². The van der Waals surface area contributed by atoms with Crippen LogP contribution >= 0.6 is 0 Å². The summed E-state index contributed by atoms with van der Waals surface area (Å²) >= 11 is 0. The number of hydrogen-bond acceptors (Lipinski definition) is 1. The summed E-state index contributed by atoms with van der Waals surface area (Å²) in [4.78, 5) is 4.56. The van der Waals surface area contributed by atoms with Crippen LogP contribution in [0.2, 0.25) is 0 Å². The zero-order chi connectivity index (χ0) is 14.3. The number of rotatable bonds is 1. The summed E-state index contributed by atoms with van der Waals surface area (Å²) < 4.78 is 0. The number of halogens is 2. The second-order valence-corrected chi connectivity index (χ2v) is 6.54. The van der Waals surface area contributed by atoms with Crippen molar-refractivity contribution in [2.24, 2.45) is 11.3 Å². The number of para-hydroxylation sites is 1. The maximum absolute atomic E-state index is 4.56. The fourth-order valence-corrected chi connectivity index (χ4v) is 2.71.